The fraction of sp³-hybridized carbons (Fsp3) is 0.253. The number of carbonyl (C=O) groups excluding carboxylic acids is 3. The van der Waals surface area contributed by atoms with E-state index in [1.54, 1.807) is 65.9 Å². The van der Waals surface area contributed by atoms with Crippen LogP contribution in [0.5, 0.6) is 17.2 Å². The number of fused-ring (bicyclic) bond motifs is 15. The Balaban J connectivity index is 0.000000129. The number of aromatic hydroxyl groups is 2. The molecule has 0 radical (unpaired) electrons. The second kappa shape index (κ2) is 29.5. The molecule has 21 heteroatoms. The van der Waals surface area contributed by atoms with Crippen LogP contribution in [0.25, 0.3) is 0 Å². The second-order valence-electron chi connectivity index (χ2n) is 25.5. The molecule has 12 heterocycles. The van der Waals surface area contributed by atoms with Gasteiger partial charge in [0.25, 0.3) is 17.7 Å². The Morgan fingerprint density at radius 3 is 1.25 bits per heavy atom. The normalized spacial score (nSPS) is 18.3. The van der Waals surface area contributed by atoms with Crippen LogP contribution >= 0.6 is 0 Å². The molecule has 3 atom stereocenters. The summed E-state index contributed by atoms with van der Waals surface area (Å²) in [5.41, 5.74) is 9.33. The third-order valence-electron chi connectivity index (χ3n) is 19.3. The minimum absolute atomic E-state index is 0.0106. The van der Waals surface area contributed by atoms with Crippen molar-refractivity contribution in [2.75, 3.05) is 54.7 Å². The van der Waals surface area contributed by atoms with Gasteiger partial charge in [-0.1, -0.05) is 146 Å². The van der Waals surface area contributed by atoms with Gasteiger partial charge in [-0.3, -0.25) is 72.8 Å². The van der Waals surface area contributed by atoms with Crippen molar-refractivity contribution in [1.82, 2.24) is 43.7 Å². The Labute approximate surface area is 577 Å². The molecule has 0 saturated heterocycles. The van der Waals surface area contributed by atoms with E-state index in [0.717, 1.165) is 104 Å². The van der Waals surface area contributed by atoms with Crippen molar-refractivity contribution in [3.8, 4) is 17.2 Å². The first-order valence-corrected chi connectivity index (χ1v) is 34.1. The molecule has 4 aromatic carbocycles. The highest BCUT2D eigenvalue weighted by Gasteiger charge is 2.41. The first kappa shape index (κ1) is 65.4. The van der Waals surface area contributed by atoms with E-state index in [1.807, 2.05) is 119 Å². The van der Waals surface area contributed by atoms with Gasteiger partial charge in [0.2, 0.25) is 16.3 Å². The average Bonchev–Trinajstić information content (AvgIpc) is 0.894. The lowest BCUT2D eigenvalue weighted by molar-refractivity contribution is 0.0669. The molecule has 6 aromatic heterocycles. The highest BCUT2D eigenvalue weighted by Crippen LogP contribution is 2.38. The van der Waals surface area contributed by atoms with E-state index in [2.05, 4.69) is 75.7 Å². The van der Waals surface area contributed by atoms with Crippen molar-refractivity contribution in [2.45, 2.75) is 88.9 Å². The van der Waals surface area contributed by atoms with Crippen LogP contribution in [0, 0.1) is 0 Å². The van der Waals surface area contributed by atoms with Crippen LogP contribution in [0.2, 0.25) is 0 Å². The molecule has 2 N–H and O–H groups in total. The minimum atomic E-state index is -0.555. The van der Waals surface area contributed by atoms with Crippen molar-refractivity contribution < 1.29 is 29.3 Å². The van der Waals surface area contributed by atoms with Crippen molar-refractivity contribution in [2.24, 2.45) is 0 Å². The molecule has 0 fully saturated rings. The number of carbonyl (C=O) groups is 3. The number of benzene rings is 4. The maximum Gasteiger partial charge on any atom is 0.278 e. The number of hydrogen-bond acceptors (Lipinski definition) is 15. The second-order valence-corrected chi connectivity index (χ2v) is 25.5. The average molecular weight is 1340 g/mol. The lowest BCUT2D eigenvalue weighted by Gasteiger charge is -2.43. The van der Waals surface area contributed by atoms with Gasteiger partial charge < -0.3 is 29.6 Å². The summed E-state index contributed by atoms with van der Waals surface area (Å²) < 4.78 is 11.1. The first-order chi connectivity index (χ1) is 49.0. The van der Waals surface area contributed by atoms with E-state index in [0.29, 0.717) is 39.6 Å². The summed E-state index contributed by atoms with van der Waals surface area (Å²) in [7, 11) is 0. The molecular weight excluding hydrogens is 1260 g/mol. The zero-order valence-electron chi connectivity index (χ0n) is 55.2. The predicted molar refractivity (Wildman–Crippen MR) is 379 cm³/mol. The summed E-state index contributed by atoms with van der Waals surface area (Å²) >= 11 is 0. The number of aryl methyl sites for hydroxylation is 3. The van der Waals surface area contributed by atoms with Gasteiger partial charge in [-0.2, -0.15) is 0 Å². The number of rotatable bonds is 6. The van der Waals surface area contributed by atoms with Crippen molar-refractivity contribution in [3.05, 3.63) is 329 Å². The van der Waals surface area contributed by atoms with E-state index >= 15 is 0 Å². The predicted octanol–water partition coefficient (Wildman–Crippen LogP) is 10.1. The third kappa shape index (κ3) is 13.2. The molecule has 1 unspecified atom stereocenters. The minimum Gasteiger partial charge on any atom is -0.502 e. The summed E-state index contributed by atoms with van der Waals surface area (Å²) in [5.74, 6) is -1.84. The lowest BCUT2D eigenvalue weighted by Crippen LogP contribution is -2.55. The van der Waals surface area contributed by atoms with Gasteiger partial charge in [0, 0.05) is 75.0 Å². The summed E-state index contributed by atoms with van der Waals surface area (Å²) in [4.78, 5) is 96.9. The Morgan fingerprint density at radius 2 is 0.790 bits per heavy atom. The maximum absolute atomic E-state index is 13.9. The highest BCUT2D eigenvalue weighted by atomic mass is 16.5. The number of amides is 3. The molecule has 6 aliphatic heterocycles. The van der Waals surface area contributed by atoms with E-state index in [1.165, 1.54) is 34.9 Å². The molecule has 16 rings (SSSR count). The fourth-order valence-electron chi connectivity index (χ4n) is 14.4. The van der Waals surface area contributed by atoms with Crippen LogP contribution in [0.3, 0.4) is 0 Å². The maximum atomic E-state index is 13.9. The molecule has 3 amide bonds. The zero-order chi connectivity index (χ0) is 68.6. The van der Waals surface area contributed by atoms with Crippen LogP contribution in [0.4, 0.5) is 0 Å². The number of allylic oxidation sites excluding steroid dienone is 1. The quantitative estimate of drug-likeness (QED) is 0.148. The topological polar surface area (TPSA) is 225 Å². The van der Waals surface area contributed by atoms with E-state index in [9.17, 15) is 39.0 Å². The molecule has 10 aromatic rings. The molecule has 0 saturated carbocycles. The van der Waals surface area contributed by atoms with Gasteiger partial charge in [0.1, 0.15) is 44.7 Å². The molecule has 21 nitrogen and oxygen atoms in total. The van der Waals surface area contributed by atoms with Gasteiger partial charge in [-0.05, 0) is 127 Å². The standard InChI is InChI=1S/C31H28N4O3.2C24H24N4O3/c36-27-17-20-34-29(30(27)38-21-23-11-3-1-4-12-23)31(37)33-19-10-2-5-13-24-14-6-7-15-25(24)28(35(34)22-33)26-16-8-9-18-32-26;2*29-20-12-15-27-22(23(20)30)24(31)26-14-7-1-2-8-17-9-3-4-10-18(17)21(28(27)16-26)19-11-5-6-13-25-19/h1-4,6-12,14-18,20,28H,5,13,19,21-22H2;2*3-6,9-13,15,21,30H,1-2,7-8,14,16H2/b10-2+;;/t;2*21-/m.10/s1. The fourth-order valence-corrected chi connectivity index (χ4v) is 14.4. The SMILES string of the molecule is O=C1c2c(O)c(=O)ccn2N2CN1CCCCCc1ccccc1[C@@H]2c1ccccn1.O=C1c2c(O)c(=O)ccn2N2CN1CCCCCc1ccccc1[C@H]2c1ccccn1.O=C1c2c(OCc3ccccc3)c(=O)ccn2N2CN1C/C=C/CCc1ccccc1C2c1ccccn1. The van der Waals surface area contributed by atoms with Crippen molar-refractivity contribution in [3.63, 3.8) is 0 Å². The largest absolute Gasteiger partial charge is 0.502 e. The van der Waals surface area contributed by atoms with Crippen LogP contribution in [0.15, 0.2) is 240 Å². The van der Waals surface area contributed by atoms with E-state index < -0.39 is 22.4 Å². The Hall–Kier alpha value is -11.9. The first-order valence-electron chi connectivity index (χ1n) is 34.1. The Morgan fingerprint density at radius 1 is 0.390 bits per heavy atom. The van der Waals surface area contributed by atoms with Crippen molar-refractivity contribution in [1.29, 1.82) is 0 Å². The summed E-state index contributed by atoms with van der Waals surface area (Å²) in [5, 5.41) is 27.2. The lowest BCUT2D eigenvalue weighted by atomic mass is 9.94. The van der Waals surface area contributed by atoms with Crippen molar-refractivity contribution >= 4 is 17.7 Å². The van der Waals surface area contributed by atoms with Gasteiger partial charge in [-0.25, -0.2) is 0 Å². The van der Waals surface area contributed by atoms with Gasteiger partial charge >= 0.3 is 0 Å². The summed E-state index contributed by atoms with van der Waals surface area (Å²) in [6, 6.07) is 55.4. The molecule has 506 valence electrons. The Kier molecular flexibility index (Phi) is 19.3. The smallest absolute Gasteiger partial charge is 0.278 e. The van der Waals surface area contributed by atoms with Crippen LogP contribution in [-0.2, 0) is 25.9 Å². The van der Waals surface area contributed by atoms with Crippen LogP contribution < -0.4 is 36.0 Å². The third-order valence-corrected chi connectivity index (χ3v) is 19.3. The number of hydrogen-bond donors (Lipinski definition) is 2. The molecule has 0 aliphatic carbocycles. The van der Waals surface area contributed by atoms with E-state index in [-0.39, 0.29) is 70.7 Å². The molecule has 100 heavy (non-hydrogen) atoms. The molecular formula is C79H76N12O9. The number of aromatic nitrogens is 6. The summed E-state index contributed by atoms with van der Waals surface area (Å²) in [6.07, 6.45) is 23.7. The van der Waals surface area contributed by atoms with Gasteiger partial charge in [0.05, 0.1) is 17.1 Å². The molecule has 6 bridgehead atoms. The van der Waals surface area contributed by atoms with Gasteiger partial charge in [-0.15, -0.1) is 0 Å². The molecule has 6 aliphatic rings. The van der Waals surface area contributed by atoms with Gasteiger partial charge in [0.15, 0.2) is 34.3 Å². The number of pyridine rings is 6. The summed E-state index contributed by atoms with van der Waals surface area (Å²) in [6.45, 7) is 2.76. The van der Waals surface area contributed by atoms with E-state index in [4.69, 9.17) is 9.72 Å². The van der Waals surface area contributed by atoms with Crippen LogP contribution in [0.1, 0.15) is 151 Å². The highest BCUT2D eigenvalue weighted by molar-refractivity contribution is 5.97. The number of ether oxygens (including phenoxy) is 1. The molecule has 0 spiro atoms. The number of nitrogens with zero attached hydrogens (tertiary/aromatic N) is 12. The monoisotopic (exact) mass is 1340 g/mol. The Bertz CT molecular complexity index is 4650. The van der Waals surface area contributed by atoms with Crippen LogP contribution in [-0.4, -0.2) is 111 Å². The zero-order valence-corrected chi connectivity index (χ0v) is 55.2.